The Hall–Kier alpha value is -3.15. The van der Waals surface area contributed by atoms with Gasteiger partial charge in [0.05, 0.1) is 4.92 Å². The van der Waals surface area contributed by atoms with E-state index in [-0.39, 0.29) is 18.2 Å². The molecule has 2 aromatic carbocycles. The normalized spacial score (nSPS) is 13.9. The van der Waals surface area contributed by atoms with E-state index in [2.05, 4.69) is 18.2 Å². The Morgan fingerprint density at radius 2 is 1.84 bits per heavy atom. The summed E-state index contributed by atoms with van der Waals surface area (Å²) in [6, 6.07) is 15.8. The quantitative estimate of drug-likeness (QED) is 0.619. The molecule has 0 saturated carbocycles. The number of carbonyl (C=O) groups excluding carboxylic acids is 1. The fourth-order valence-electron chi connectivity index (χ4n) is 2.71. The van der Waals surface area contributed by atoms with Gasteiger partial charge in [0.1, 0.15) is 5.75 Å². The summed E-state index contributed by atoms with van der Waals surface area (Å²) in [7, 11) is 0. The van der Waals surface area contributed by atoms with Crippen molar-refractivity contribution in [2.75, 3.05) is 19.7 Å². The summed E-state index contributed by atoms with van der Waals surface area (Å²) in [5.74, 6) is 0.346. The van der Waals surface area contributed by atoms with Gasteiger partial charge in [0, 0.05) is 25.2 Å². The summed E-state index contributed by atoms with van der Waals surface area (Å²) < 4.78 is 5.43. The lowest BCUT2D eigenvalue weighted by atomic mass is 10.00. The van der Waals surface area contributed by atoms with Gasteiger partial charge >= 0.3 is 0 Å². The van der Waals surface area contributed by atoms with Crippen LogP contribution in [0, 0.1) is 10.1 Å². The number of nitro groups is 1. The lowest BCUT2D eigenvalue weighted by Gasteiger charge is -2.26. The summed E-state index contributed by atoms with van der Waals surface area (Å²) in [5.41, 5.74) is 2.44. The van der Waals surface area contributed by atoms with Gasteiger partial charge in [-0.05, 0) is 29.7 Å². The van der Waals surface area contributed by atoms with Crippen LogP contribution in [-0.4, -0.2) is 35.4 Å². The van der Waals surface area contributed by atoms with Crippen molar-refractivity contribution in [2.24, 2.45) is 0 Å². The van der Waals surface area contributed by atoms with Crippen LogP contribution in [-0.2, 0) is 4.79 Å². The van der Waals surface area contributed by atoms with Crippen molar-refractivity contribution < 1.29 is 14.5 Å². The monoisotopic (exact) mass is 338 g/mol. The zero-order valence-corrected chi connectivity index (χ0v) is 13.6. The van der Waals surface area contributed by atoms with Crippen LogP contribution in [0.5, 0.6) is 5.75 Å². The van der Waals surface area contributed by atoms with Crippen molar-refractivity contribution in [1.29, 1.82) is 0 Å². The van der Waals surface area contributed by atoms with E-state index in [4.69, 9.17) is 4.74 Å². The lowest BCUT2D eigenvalue weighted by Crippen LogP contribution is -2.37. The highest BCUT2D eigenvalue weighted by molar-refractivity contribution is 5.79. The smallest absolute Gasteiger partial charge is 0.269 e. The number of nitro benzene ring substituents is 1. The molecule has 128 valence electrons. The molecule has 0 radical (unpaired) electrons. The number of ether oxygens (including phenoxy) is 1. The number of rotatable bonds is 5. The molecule has 1 heterocycles. The molecular formula is C19H18N2O4. The highest BCUT2D eigenvalue weighted by Gasteiger charge is 2.18. The van der Waals surface area contributed by atoms with Crippen molar-refractivity contribution in [3.63, 3.8) is 0 Å². The predicted molar refractivity (Wildman–Crippen MR) is 94.2 cm³/mol. The molecule has 0 fully saturated rings. The first-order valence-electron chi connectivity index (χ1n) is 8.03. The third kappa shape index (κ3) is 4.23. The van der Waals surface area contributed by atoms with Gasteiger partial charge in [0.2, 0.25) is 0 Å². The van der Waals surface area contributed by atoms with Crippen LogP contribution in [0.25, 0.3) is 5.57 Å². The summed E-state index contributed by atoms with van der Waals surface area (Å²) in [5, 5.41) is 10.6. The van der Waals surface area contributed by atoms with Crippen molar-refractivity contribution in [3.8, 4) is 5.75 Å². The minimum Gasteiger partial charge on any atom is -0.484 e. The number of benzene rings is 2. The maximum Gasteiger partial charge on any atom is 0.269 e. The number of carbonyl (C=O) groups is 1. The molecule has 0 unspecified atom stereocenters. The molecule has 0 N–H and O–H groups in total. The standard InChI is InChI=1S/C19H18N2O4/c22-19(14-25-18-8-6-17(7-9-18)21(23)24)20-12-10-16(11-13-20)15-4-2-1-3-5-15/h1-10H,11-14H2. The Labute approximate surface area is 145 Å². The number of nitrogens with zero attached hydrogens (tertiary/aromatic N) is 2. The van der Waals surface area contributed by atoms with E-state index in [0.717, 1.165) is 6.42 Å². The molecule has 1 aliphatic rings. The number of amides is 1. The molecule has 1 aliphatic heterocycles. The van der Waals surface area contributed by atoms with Crippen LogP contribution in [0.4, 0.5) is 5.69 Å². The molecule has 6 nitrogen and oxygen atoms in total. The van der Waals surface area contributed by atoms with E-state index < -0.39 is 4.92 Å². The SMILES string of the molecule is O=C(COc1ccc([N+](=O)[O-])cc1)N1CC=C(c2ccccc2)CC1. The Balaban J connectivity index is 1.52. The number of hydrogen-bond acceptors (Lipinski definition) is 4. The van der Waals surface area contributed by atoms with Gasteiger partial charge in [-0.3, -0.25) is 14.9 Å². The van der Waals surface area contributed by atoms with Gasteiger partial charge in [-0.2, -0.15) is 0 Å². The third-order valence-corrected chi connectivity index (χ3v) is 4.12. The van der Waals surface area contributed by atoms with Crippen molar-refractivity contribution in [1.82, 2.24) is 4.90 Å². The van der Waals surface area contributed by atoms with E-state index >= 15 is 0 Å². The lowest BCUT2D eigenvalue weighted by molar-refractivity contribution is -0.384. The zero-order valence-electron chi connectivity index (χ0n) is 13.6. The topological polar surface area (TPSA) is 72.7 Å². The molecule has 0 aromatic heterocycles. The van der Waals surface area contributed by atoms with E-state index in [1.165, 1.54) is 35.4 Å². The summed E-state index contributed by atoms with van der Waals surface area (Å²) in [6.07, 6.45) is 2.88. The van der Waals surface area contributed by atoms with Gasteiger partial charge in [0.25, 0.3) is 11.6 Å². The number of non-ortho nitro benzene ring substituents is 1. The second-order valence-corrected chi connectivity index (χ2v) is 5.72. The van der Waals surface area contributed by atoms with Crippen LogP contribution in [0.15, 0.2) is 60.7 Å². The molecule has 0 spiro atoms. The average molecular weight is 338 g/mol. The molecule has 6 heteroatoms. The van der Waals surface area contributed by atoms with Crippen molar-refractivity contribution in [3.05, 3.63) is 76.4 Å². The van der Waals surface area contributed by atoms with E-state index in [1.807, 2.05) is 18.2 Å². The minimum atomic E-state index is -0.473. The zero-order chi connectivity index (χ0) is 17.6. The minimum absolute atomic E-state index is 0.00622. The van der Waals surface area contributed by atoms with Crippen LogP contribution in [0.3, 0.4) is 0 Å². The van der Waals surface area contributed by atoms with Crippen LogP contribution >= 0.6 is 0 Å². The largest absolute Gasteiger partial charge is 0.484 e. The van der Waals surface area contributed by atoms with Gasteiger partial charge < -0.3 is 9.64 Å². The van der Waals surface area contributed by atoms with Gasteiger partial charge in [0.15, 0.2) is 6.61 Å². The van der Waals surface area contributed by atoms with Crippen LogP contribution < -0.4 is 4.74 Å². The molecule has 0 atom stereocenters. The molecule has 1 amide bonds. The Morgan fingerprint density at radius 3 is 2.44 bits per heavy atom. The average Bonchev–Trinajstić information content (AvgIpc) is 2.67. The number of hydrogen-bond donors (Lipinski definition) is 0. The molecule has 3 rings (SSSR count). The Bertz CT molecular complexity index is 785. The summed E-state index contributed by atoms with van der Waals surface area (Å²) >= 11 is 0. The second-order valence-electron chi connectivity index (χ2n) is 5.72. The molecule has 25 heavy (non-hydrogen) atoms. The third-order valence-electron chi connectivity index (χ3n) is 4.12. The first-order valence-corrected chi connectivity index (χ1v) is 8.03. The van der Waals surface area contributed by atoms with Gasteiger partial charge in [-0.25, -0.2) is 0 Å². The Morgan fingerprint density at radius 1 is 1.12 bits per heavy atom. The molecule has 0 saturated heterocycles. The van der Waals surface area contributed by atoms with Gasteiger partial charge in [-0.1, -0.05) is 36.4 Å². The highest BCUT2D eigenvalue weighted by atomic mass is 16.6. The van der Waals surface area contributed by atoms with E-state index in [1.54, 1.807) is 4.90 Å². The molecule has 2 aromatic rings. The maximum absolute atomic E-state index is 12.3. The first-order chi connectivity index (χ1) is 12.1. The van der Waals surface area contributed by atoms with Crippen molar-refractivity contribution in [2.45, 2.75) is 6.42 Å². The Kier molecular flexibility index (Phi) is 5.09. The second kappa shape index (κ2) is 7.61. The predicted octanol–water partition coefficient (Wildman–Crippen LogP) is 3.29. The van der Waals surface area contributed by atoms with Crippen LogP contribution in [0.1, 0.15) is 12.0 Å². The molecule has 0 aliphatic carbocycles. The van der Waals surface area contributed by atoms with Gasteiger partial charge in [-0.15, -0.1) is 0 Å². The molecular weight excluding hydrogens is 320 g/mol. The van der Waals surface area contributed by atoms with Crippen molar-refractivity contribution >= 4 is 17.2 Å². The fourth-order valence-corrected chi connectivity index (χ4v) is 2.71. The fraction of sp³-hybridized carbons (Fsp3) is 0.211. The molecule has 0 bridgehead atoms. The summed E-state index contributed by atoms with van der Waals surface area (Å²) in [6.45, 7) is 1.14. The van der Waals surface area contributed by atoms with E-state index in [0.29, 0.717) is 18.8 Å². The van der Waals surface area contributed by atoms with Crippen LogP contribution in [0.2, 0.25) is 0 Å². The summed E-state index contributed by atoms with van der Waals surface area (Å²) in [4.78, 5) is 24.1. The van der Waals surface area contributed by atoms with E-state index in [9.17, 15) is 14.9 Å². The highest BCUT2D eigenvalue weighted by Crippen LogP contribution is 2.22. The maximum atomic E-state index is 12.3. The first kappa shape index (κ1) is 16.7.